The van der Waals surface area contributed by atoms with Crippen LogP contribution < -0.4 is 10.6 Å². The molecule has 2 N–H and O–H groups in total. The van der Waals surface area contributed by atoms with Gasteiger partial charge in [-0.2, -0.15) is 4.98 Å². The third-order valence-electron chi connectivity index (χ3n) is 7.06. The highest BCUT2D eigenvalue weighted by atomic mass is 32.2. The summed E-state index contributed by atoms with van der Waals surface area (Å²) in [5, 5.41) is 7.86. The van der Waals surface area contributed by atoms with Crippen LogP contribution in [0.15, 0.2) is 77.7 Å². The van der Waals surface area contributed by atoms with E-state index in [0.717, 1.165) is 29.2 Å². The topological polar surface area (TPSA) is 49.8 Å². The molecule has 1 saturated carbocycles. The first-order valence-electron chi connectivity index (χ1n) is 12.7. The van der Waals surface area contributed by atoms with Crippen LogP contribution in [0.1, 0.15) is 31.2 Å². The maximum atomic E-state index is 4.83. The minimum atomic E-state index is 0.689. The van der Waals surface area contributed by atoms with Gasteiger partial charge >= 0.3 is 0 Å². The second-order valence-corrected chi connectivity index (χ2v) is 10.7. The lowest BCUT2D eigenvalue weighted by molar-refractivity contribution is 0.304. The zero-order chi connectivity index (χ0) is 24.0. The lowest BCUT2D eigenvalue weighted by Gasteiger charge is -2.28. The maximum Gasteiger partial charge on any atom is 0.225 e. The molecule has 35 heavy (non-hydrogen) atoms. The Kier molecular flexibility index (Phi) is 7.53. The van der Waals surface area contributed by atoms with Gasteiger partial charge in [0.1, 0.15) is 5.82 Å². The van der Waals surface area contributed by atoms with Crippen molar-refractivity contribution < 1.29 is 0 Å². The molecule has 180 valence electrons. The summed E-state index contributed by atoms with van der Waals surface area (Å²) in [5.74, 6) is 4.33. The summed E-state index contributed by atoms with van der Waals surface area (Å²) in [7, 11) is 1.93. The van der Waals surface area contributed by atoms with Gasteiger partial charge in [0.15, 0.2) is 0 Å². The molecule has 1 aromatic heterocycles. The molecule has 1 heterocycles. The second kappa shape index (κ2) is 11.1. The monoisotopic (exact) mass is 482 g/mol. The van der Waals surface area contributed by atoms with Gasteiger partial charge in [0.2, 0.25) is 5.95 Å². The molecule has 4 nitrogen and oxygen atoms in total. The Morgan fingerprint density at radius 1 is 0.829 bits per heavy atom. The normalized spacial score (nSPS) is 17.9. The Hall–Kier alpha value is -3.05. The highest BCUT2D eigenvalue weighted by molar-refractivity contribution is 7.99. The van der Waals surface area contributed by atoms with Gasteiger partial charge < -0.3 is 10.6 Å². The Labute approximate surface area is 213 Å². The number of aryl methyl sites for hydroxylation is 1. The zero-order valence-corrected chi connectivity index (χ0v) is 21.4. The molecule has 0 saturated heterocycles. The highest BCUT2D eigenvalue weighted by Crippen LogP contribution is 2.33. The molecule has 0 radical (unpaired) electrons. The minimum absolute atomic E-state index is 0.689. The van der Waals surface area contributed by atoms with E-state index in [4.69, 9.17) is 9.97 Å². The summed E-state index contributed by atoms with van der Waals surface area (Å²) in [6, 6.07) is 25.8. The number of hydrogen-bond acceptors (Lipinski definition) is 5. The lowest BCUT2D eigenvalue weighted by atomic mass is 9.83. The largest absolute Gasteiger partial charge is 0.372 e. The van der Waals surface area contributed by atoms with Gasteiger partial charge in [-0.15, -0.1) is 11.8 Å². The van der Waals surface area contributed by atoms with Crippen molar-refractivity contribution in [3.63, 3.8) is 0 Å². The van der Waals surface area contributed by atoms with Crippen molar-refractivity contribution >= 4 is 34.4 Å². The molecule has 0 bridgehead atoms. The van der Waals surface area contributed by atoms with Crippen molar-refractivity contribution in [2.24, 2.45) is 11.8 Å². The van der Waals surface area contributed by atoms with E-state index in [1.165, 1.54) is 53.0 Å². The number of nitrogens with one attached hydrogen (secondary N) is 2. The van der Waals surface area contributed by atoms with Gasteiger partial charge in [0.25, 0.3) is 0 Å². The van der Waals surface area contributed by atoms with Gasteiger partial charge in [-0.25, -0.2) is 4.98 Å². The zero-order valence-electron chi connectivity index (χ0n) is 20.6. The quantitative estimate of drug-likeness (QED) is 0.253. The molecule has 0 unspecified atom stereocenters. The van der Waals surface area contributed by atoms with Gasteiger partial charge in [0.05, 0.1) is 5.52 Å². The smallest absolute Gasteiger partial charge is 0.225 e. The van der Waals surface area contributed by atoms with E-state index in [2.05, 4.69) is 90.4 Å². The molecule has 5 rings (SSSR count). The van der Waals surface area contributed by atoms with Crippen molar-refractivity contribution in [1.82, 2.24) is 9.97 Å². The van der Waals surface area contributed by atoms with Crippen molar-refractivity contribution in [1.29, 1.82) is 0 Å². The summed E-state index contributed by atoms with van der Waals surface area (Å²) in [5.41, 5.74) is 4.62. The maximum absolute atomic E-state index is 4.83. The Bertz CT molecular complexity index is 1250. The molecule has 1 aliphatic carbocycles. The summed E-state index contributed by atoms with van der Waals surface area (Å²) in [4.78, 5) is 11.0. The summed E-state index contributed by atoms with van der Waals surface area (Å²) in [6.07, 6.45) is 5.18. The average Bonchev–Trinajstić information content (AvgIpc) is 2.91. The fraction of sp³-hybridized carbons (Fsp3) is 0.333. The number of benzene rings is 3. The van der Waals surface area contributed by atoms with Crippen LogP contribution in [0.25, 0.3) is 22.0 Å². The Balaban J connectivity index is 1.19. The third kappa shape index (κ3) is 5.96. The molecule has 5 heteroatoms. The van der Waals surface area contributed by atoms with Gasteiger partial charge in [-0.1, -0.05) is 54.1 Å². The second-order valence-electron chi connectivity index (χ2n) is 9.64. The van der Waals surface area contributed by atoms with Gasteiger partial charge in [-0.3, -0.25) is 0 Å². The molecule has 0 atom stereocenters. The Morgan fingerprint density at radius 3 is 2.29 bits per heavy atom. The number of nitrogens with zero attached hydrogens (tertiary/aromatic N) is 2. The molecular weight excluding hydrogens is 448 g/mol. The molecule has 1 aliphatic rings. The molecule has 3 aromatic carbocycles. The molecule has 0 spiro atoms. The molecule has 1 fully saturated rings. The van der Waals surface area contributed by atoms with Crippen molar-refractivity contribution in [2.45, 2.75) is 37.5 Å². The first-order valence-corrected chi connectivity index (χ1v) is 13.6. The van der Waals surface area contributed by atoms with E-state index in [1.54, 1.807) is 0 Å². The van der Waals surface area contributed by atoms with E-state index in [-0.39, 0.29) is 0 Å². The molecular formula is C30H34N4S. The number of hydrogen-bond donors (Lipinski definition) is 2. The van der Waals surface area contributed by atoms with E-state index >= 15 is 0 Å². The van der Waals surface area contributed by atoms with Gasteiger partial charge in [-0.05, 0) is 79.8 Å². The van der Waals surface area contributed by atoms with E-state index in [1.807, 2.05) is 18.8 Å². The standard InChI is InChI=1S/C30H34N4S/c1-21-8-14-24(15-9-21)25-16-17-28-27(18-25)29(31-2)34-30(33-28)32-19-22-10-12-23(13-11-22)20-35-26-6-4-3-5-7-26/h3-9,14-18,22-23H,10-13,19-20H2,1-2H3,(H2,31,32,33,34)/t22-,23-. The first-order chi connectivity index (χ1) is 17.2. The fourth-order valence-corrected chi connectivity index (χ4v) is 6.00. The van der Waals surface area contributed by atoms with Crippen molar-refractivity contribution in [3.8, 4) is 11.1 Å². The van der Waals surface area contributed by atoms with Crippen molar-refractivity contribution in [3.05, 3.63) is 78.4 Å². The van der Waals surface area contributed by atoms with Crippen LogP contribution in [0.3, 0.4) is 0 Å². The summed E-state index contributed by atoms with van der Waals surface area (Å²) < 4.78 is 0. The number of aromatic nitrogens is 2. The number of thioether (sulfide) groups is 1. The van der Waals surface area contributed by atoms with Crippen LogP contribution in [0, 0.1) is 18.8 Å². The average molecular weight is 483 g/mol. The highest BCUT2D eigenvalue weighted by Gasteiger charge is 2.21. The fourth-order valence-electron chi connectivity index (χ4n) is 4.89. The van der Waals surface area contributed by atoms with Crippen LogP contribution in [0.2, 0.25) is 0 Å². The number of rotatable bonds is 8. The molecule has 4 aromatic rings. The van der Waals surface area contributed by atoms with Crippen LogP contribution >= 0.6 is 11.8 Å². The first kappa shape index (κ1) is 23.7. The lowest BCUT2D eigenvalue weighted by Crippen LogP contribution is -2.23. The van der Waals surface area contributed by atoms with Crippen LogP contribution in [0.5, 0.6) is 0 Å². The SMILES string of the molecule is CNc1nc(NC[C@H]2CC[C@H](CSc3ccccc3)CC2)nc2ccc(-c3ccc(C)cc3)cc12. The van der Waals surface area contributed by atoms with Crippen LogP contribution in [-0.4, -0.2) is 29.3 Å². The Morgan fingerprint density at radius 2 is 1.54 bits per heavy atom. The minimum Gasteiger partial charge on any atom is -0.372 e. The van der Waals surface area contributed by atoms with E-state index in [9.17, 15) is 0 Å². The summed E-state index contributed by atoms with van der Waals surface area (Å²) in [6.45, 7) is 3.05. The molecule has 0 amide bonds. The van der Waals surface area contributed by atoms with Crippen molar-refractivity contribution in [2.75, 3.05) is 30.0 Å². The van der Waals surface area contributed by atoms with E-state index < -0.39 is 0 Å². The third-order valence-corrected chi connectivity index (χ3v) is 8.31. The van der Waals surface area contributed by atoms with Crippen LogP contribution in [0.4, 0.5) is 11.8 Å². The summed E-state index contributed by atoms with van der Waals surface area (Å²) >= 11 is 2.00. The number of anilines is 2. The number of fused-ring (bicyclic) bond motifs is 1. The van der Waals surface area contributed by atoms with Crippen LogP contribution in [-0.2, 0) is 0 Å². The predicted octanol–water partition coefficient (Wildman–Crippen LogP) is 7.66. The predicted molar refractivity (Wildman–Crippen MR) is 150 cm³/mol. The van der Waals surface area contributed by atoms with E-state index in [0.29, 0.717) is 11.9 Å². The van der Waals surface area contributed by atoms with Gasteiger partial charge in [0, 0.05) is 29.6 Å². The molecule has 0 aliphatic heterocycles.